The molecule has 1 amide bonds. The third kappa shape index (κ3) is 4.60. The van der Waals surface area contributed by atoms with E-state index in [1.54, 1.807) is 13.3 Å². The topological polar surface area (TPSA) is 56.1 Å². The molecule has 0 aliphatic carbocycles. The minimum absolute atomic E-state index is 0.0670. The van der Waals surface area contributed by atoms with E-state index in [-0.39, 0.29) is 5.91 Å². The van der Waals surface area contributed by atoms with E-state index in [4.69, 9.17) is 4.74 Å². The van der Waals surface area contributed by atoms with Crippen LogP contribution in [0.1, 0.15) is 5.56 Å². The van der Waals surface area contributed by atoms with Gasteiger partial charge in [-0.25, -0.2) is 4.98 Å². The Bertz CT molecular complexity index is 1110. The smallest absolute Gasteiger partial charge is 0.234 e. The molecule has 2 aromatic heterocycles. The van der Waals surface area contributed by atoms with Gasteiger partial charge in [0.2, 0.25) is 5.91 Å². The van der Waals surface area contributed by atoms with Crippen LogP contribution < -0.4 is 10.1 Å². The number of nitrogens with zero attached hydrogens (tertiary/aromatic N) is 2. The number of hydrogen-bond donors (Lipinski definition) is 1. The number of rotatable bonds is 7. The average molecular weight is 404 g/mol. The van der Waals surface area contributed by atoms with Gasteiger partial charge in [0.1, 0.15) is 10.8 Å². The Morgan fingerprint density at radius 1 is 1.07 bits per heavy atom. The minimum Gasteiger partial charge on any atom is -0.497 e. The molecule has 0 aliphatic rings. The fourth-order valence-electron chi connectivity index (χ4n) is 3.13. The van der Waals surface area contributed by atoms with Crippen molar-refractivity contribution in [2.24, 2.45) is 0 Å². The van der Waals surface area contributed by atoms with Crippen molar-refractivity contribution in [3.63, 3.8) is 0 Å². The molecule has 0 bridgehead atoms. The van der Waals surface area contributed by atoms with Gasteiger partial charge in [-0.05, 0) is 42.0 Å². The number of carbonyl (C=O) groups excluding carboxylic acids is 1. The number of methoxy groups -OCH3 is 1. The molecule has 4 aromatic rings. The first kappa shape index (κ1) is 19.1. The normalized spacial score (nSPS) is 10.8. The zero-order valence-corrected chi connectivity index (χ0v) is 16.9. The molecule has 5 nitrogen and oxygen atoms in total. The Labute approximate surface area is 173 Å². The van der Waals surface area contributed by atoms with Crippen LogP contribution in [0.15, 0.2) is 84.1 Å². The third-order valence-corrected chi connectivity index (χ3v) is 5.58. The number of ether oxygens (including phenoxy) is 1. The lowest BCUT2D eigenvalue weighted by Crippen LogP contribution is -2.14. The predicted octanol–water partition coefficient (Wildman–Crippen LogP) is 4.82. The van der Waals surface area contributed by atoms with Crippen LogP contribution in [0.2, 0.25) is 0 Å². The second-order valence-corrected chi connectivity index (χ2v) is 7.51. The number of hydrogen-bond acceptors (Lipinski definition) is 4. The zero-order valence-electron chi connectivity index (χ0n) is 16.0. The zero-order chi connectivity index (χ0) is 20.1. The fraction of sp³-hybridized carbons (Fsp3) is 0.130. The maximum atomic E-state index is 12.3. The Balaban J connectivity index is 1.43. The predicted molar refractivity (Wildman–Crippen MR) is 118 cm³/mol. The van der Waals surface area contributed by atoms with Gasteiger partial charge in [-0.1, -0.05) is 42.1 Å². The first-order valence-electron chi connectivity index (χ1n) is 9.27. The summed E-state index contributed by atoms with van der Waals surface area (Å²) in [6, 6.07) is 21.7. The number of pyridine rings is 1. The monoisotopic (exact) mass is 403 g/mol. The molecule has 0 fully saturated rings. The molecule has 0 saturated heterocycles. The van der Waals surface area contributed by atoms with E-state index in [2.05, 4.69) is 39.3 Å². The number of anilines is 1. The van der Waals surface area contributed by atoms with Gasteiger partial charge in [-0.15, -0.1) is 0 Å². The molecule has 0 saturated carbocycles. The molecule has 0 aliphatic heterocycles. The molecule has 4 rings (SSSR count). The van der Waals surface area contributed by atoms with Crippen molar-refractivity contribution < 1.29 is 9.53 Å². The van der Waals surface area contributed by atoms with E-state index >= 15 is 0 Å². The van der Waals surface area contributed by atoms with Crippen molar-refractivity contribution in [3.8, 4) is 5.75 Å². The molecule has 0 atom stereocenters. The molecule has 0 unspecified atom stereocenters. The number of amides is 1. The maximum absolute atomic E-state index is 12.3. The molecular weight excluding hydrogens is 382 g/mol. The summed E-state index contributed by atoms with van der Waals surface area (Å²) >= 11 is 1.44. The van der Waals surface area contributed by atoms with Crippen molar-refractivity contribution in [3.05, 3.63) is 84.7 Å². The van der Waals surface area contributed by atoms with E-state index in [9.17, 15) is 4.79 Å². The molecule has 6 heteroatoms. The lowest BCUT2D eigenvalue weighted by Gasteiger charge is -2.08. The Kier molecular flexibility index (Phi) is 5.81. The number of aromatic nitrogens is 2. The molecule has 29 heavy (non-hydrogen) atoms. The fourth-order valence-corrected chi connectivity index (χ4v) is 3.94. The highest BCUT2D eigenvalue weighted by molar-refractivity contribution is 8.00. The number of benzene rings is 2. The van der Waals surface area contributed by atoms with E-state index in [1.165, 1.54) is 17.3 Å². The van der Waals surface area contributed by atoms with Crippen molar-refractivity contribution in [1.82, 2.24) is 9.55 Å². The van der Waals surface area contributed by atoms with E-state index in [0.717, 1.165) is 33.9 Å². The van der Waals surface area contributed by atoms with Crippen molar-refractivity contribution in [2.45, 2.75) is 11.6 Å². The summed E-state index contributed by atoms with van der Waals surface area (Å²) in [5, 5.41) is 4.82. The van der Waals surface area contributed by atoms with Crippen molar-refractivity contribution in [2.75, 3.05) is 18.2 Å². The number of thioether (sulfide) groups is 1. The van der Waals surface area contributed by atoms with Gasteiger partial charge in [0.05, 0.1) is 18.4 Å². The van der Waals surface area contributed by atoms with Gasteiger partial charge in [0.25, 0.3) is 0 Å². The highest BCUT2D eigenvalue weighted by Gasteiger charge is 2.10. The molecule has 2 aromatic carbocycles. The second kappa shape index (κ2) is 8.84. The maximum Gasteiger partial charge on any atom is 0.234 e. The highest BCUT2D eigenvalue weighted by Crippen LogP contribution is 2.27. The standard InChI is InChI=1S/C23H21N3O2S/c1-28-19-9-7-18(8-10-19)25-22(27)16-29-23-20-12-14-26(21(20)11-13-24-23)15-17-5-3-2-4-6-17/h2-14H,15-16H2,1H3,(H,25,27). The summed E-state index contributed by atoms with van der Waals surface area (Å²) < 4.78 is 7.33. The van der Waals surface area contributed by atoms with Gasteiger partial charge in [0.15, 0.2) is 0 Å². The van der Waals surface area contributed by atoms with Gasteiger partial charge in [0, 0.05) is 30.0 Å². The van der Waals surface area contributed by atoms with Crippen LogP contribution in [0.25, 0.3) is 10.9 Å². The lowest BCUT2D eigenvalue weighted by atomic mass is 10.2. The van der Waals surface area contributed by atoms with E-state index < -0.39 is 0 Å². The minimum atomic E-state index is -0.0670. The molecule has 0 spiro atoms. The van der Waals surface area contributed by atoms with E-state index in [1.807, 2.05) is 48.5 Å². The highest BCUT2D eigenvalue weighted by atomic mass is 32.2. The summed E-state index contributed by atoms with van der Waals surface area (Å²) in [6.45, 7) is 0.802. The van der Waals surface area contributed by atoms with Gasteiger partial charge < -0.3 is 14.6 Å². The average Bonchev–Trinajstić information content (AvgIpc) is 3.17. The van der Waals surface area contributed by atoms with Gasteiger partial charge >= 0.3 is 0 Å². The molecule has 146 valence electrons. The first-order valence-corrected chi connectivity index (χ1v) is 10.3. The summed E-state index contributed by atoms with van der Waals surface area (Å²) in [5.74, 6) is 0.984. The number of fused-ring (bicyclic) bond motifs is 1. The van der Waals surface area contributed by atoms with Crippen LogP contribution in [0.5, 0.6) is 5.75 Å². The van der Waals surface area contributed by atoms with E-state index in [0.29, 0.717) is 5.75 Å². The van der Waals surface area contributed by atoms with Crippen LogP contribution >= 0.6 is 11.8 Å². The summed E-state index contributed by atoms with van der Waals surface area (Å²) in [7, 11) is 1.62. The van der Waals surface area contributed by atoms with Crippen LogP contribution in [0.4, 0.5) is 5.69 Å². The molecule has 2 heterocycles. The van der Waals surface area contributed by atoms with Gasteiger partial charge in [-0.3, -0.25) is 4.79 Å². The Morgan fingerprint density at radius 3 is 2.62 bits per heavy atom. The van der Waals surface area contributed by atoms with Crippen LogP contribution in [-0.4, -0.2) is 28.3 Å². The van der Waals surface area contributed by atoms with Gasteiger partial charge in [-0.2, -0.15) is 0 Å². The Morgan fingerprint density at radius 2 is 1.86 bits per heavy atom. The summed E-state index contributed by atoms with van der Waals surface area (Å²) in [6.07, 6.45) is 3.87. The largest absolute Gasteiger partial charge is 0.497 e. The first-order chi connectivity index (χ1) is 14.2. The Hall–Kier alpha value is -3.25. The van der Waals surface area contributed by atoms with Crippen LogP contribution in [0.3, 0.4) is 0 Å². The quantitative estimate of drug-likeness (QED) is 0.449. The lowest BCUT2D eigenvalue weighted by molar-refractivity contribution is -0.113. The van der Waals surface area contributed by atoms with Crippen molar-refractivity contribution >= 4 is 34.3 Å². The molecular formula is C23H21N3O2S. The second-order valence-electron chi connectivity index (χ2n) is 6.54. The summed E-state index contributed by atoms with van der Waals surface area (Å²) in [5.41, 5.74) is 3.10. The molecule has 0 radical (unpaired) electrons. The van der Waals surface area contributed by atoms with Crippen LogP contribution in [-0.2, 0) is 11.3 Å². The number of nitrogens with one attached hydrogen (secondary N) is 1. The molecule has 1 N–H and O–H groups in total. The number of carbonyl (C=O) groups is 1. The van der Waals surface area contributed by atoms with Crippen LogP contribution in [0, 0.1) is 0 Å². The SMILES string of the molecule is COc1ccc(NC(=O)CSc2nccc3c2ccn3Cc2ccccc2)cc1. The van der Waals surface area contributed by atoms with Crippen molar-refractivity contribution in [1.29, 1.82) is 0 Å². The third-order valence-electron chi connectivity index (χ3n) is 4.57. The summed E-state index contributed by atoms with van der Waals surface area (Å²) in [4.78, 5) is 16.8.